The van der Waals surface area contributed by atoms with Gasteiger partial charge in [-0.25, -0.2) is 19.9 Å². The number of amides is 1. The van der Waals surface area contributed by atoms with Crippen LogP contribution in [0.1, 0.15) is 25.7 Å². The van der Waals surface area contributed by atoms with Crippen LogP contribution in [0.25, 0.3) is 0 Å². The Hall–Kier alpha value is -2.77. The van der Waals surface area contributed by atoms with Crippen LogP contribution in [-0.2, 0) is 4.79 Å². The lowest BCUT2D eigenvalue weighted by Crippen LogP contribution is -2.48. The number of nitrogens with one attached hydrogen (secondary N) is 1. The van der Waals surface area contributed by atoms with Gasteiger partial charge in [0.1, 0.15) is 0 Å². The molecule has 152 valence electrons. The molecule has 4 heterocycles. The summed E-state index contributed by atoms with van der Waals surface area (Å²) < 4.78 is 0. The molecule has 3 aliphatic rings. The first-order chi connectivity index (χ1) is 14.2. The molecule has 29 heavy (non-hydrogen) atoms. The molecule has 2 atom stereocenters. The summed E-state index contributed by atoms with van der Waals surface area (Å²) in [7, 11) is 0. The molecule has 2 aliphatic heterocycles. The molecule has 2 saturated heterocycles. The molecular formula is C21H27N7O. The van der Waals surface area contributed by atoms with E-state index in [0.717, 1.165) is 45.0 Å². The van der Waals surface area contributed by atoms with E-state index < -0.39 is 5.41 Å². The quantitative estimate of drug-likeness (QED) is 0.824. The van der Waals surface area contributed by atoms with Gasteiger partial charge in [-0.2, -0.15) is 0 Å². The zero-order valence-electron chi connectivity index (χ0n) is 16.6. The van der Waals surface area contributed by atoms with Gasteiger partial charge in [-0.3, -0.25) is 4.79 Å². The van der Waals surface area contributed by atoms with Crippen molar-refractivity contribution in [3.8, 4) is 0 Å². The molecule has 5 rings (SSSR count). The van der Waals surface area contributed by atoms with Crippen molar-refractivity contribution in [3.63, 3.8) is 0 Å². The summed E-state index contributed by atoms with van der Waals surface area (Å²) in [4.78, 5) is 35.7. The fraction of sp³-hybridized carbons (Fsp3) is 0.571. The summed E-state index contributed by atoms with van der Waals surface area (Å²) in [6.07, 6.45) is 11.4. The van der Waals surface area contributed by atoms with E-state index in [1.165, 1.54) is 12.8 Å². The topological polar surface area (TPSA) is 87.1 Å². The fourth-order valence-corrected chi connectivity index (χ4v) is 4.78. The molecule has 0 aromatic carbocycles. The maximum atomic E-state index is 13.5. The highest BCUT2D eigenvalue weighted by Crippen LogP contribution is 2.44. The van der Waals surface area contributed by atoms with E-state index in [2.05, 4.69) is 35.1 Å². The van der Waals surface area contributed by atoms with Crippen LogP contribution in [0.15, 0.2) is 36.9 Å². The zero-order valence-corrected chi connectivity index (χ0v) is 16.6. The summed E-state index contributed by atoms with van der Waals surface area (Å²) in [5.41, 5.74) is -0.419. The first-order valence-electron chi connectivity index (χ1n) is 10.6. The molecule has 1 aliphatic carbocycles. The molecular weight excluding hydrogens is 366 g/mol. The normalized spacial score (nSPS) is 26.7. The van der Waals surface area contributed by atoms with E-state index in [-0.39, 0.29) is 11.8 Å². The van der Waals surface area contributed by atoms with Gasteiger partial charge in [-0.1, -0.05) is 0 Å². The Morgan fingerprint density at radius 1 is 1.00 bits per heavy atom. The summed E-state index contributed by atoms with van der Waals surface area (Å²) in [5, 5.41) is 3.27. The smallest absolute Gasteiger partial charge is 0.228 e. The predicted octanol–water partition coefficient (Wildman–Crippen LogP) is 1.52. The number of anilines is 2. The second-order valence-corrected chi connectivity index (χ2v) is 8.53. The molecule has 0 bridgehead atoms. The molecule has 1 N–H and O–H groups in total. The van der Waals surface area contributed by atoms with Crippen LogP contribution < -0.4 is 15.1 Å². The molecule has 2 aromatic rings. The summed E-state index contributed by atoms with van der Waals surface area (Å²) in [6, 6.07) is 3.66. The number of nitrogens with zero attached hydrogens (tertiary/aromatic N) is 6. The molecule has 8 nitrogen and oxygen atoms in total. The van der Waals surface area contributed by atoms with Crippen molar-refractivity contribution in [2.24, 2.45) is 17.3 Å². The van der Waals surface area contributed by atoms with E-state index in [4.69, 9.17) is 0 Å². The standard InChI is InChI=1S/C21H27N7O/c29-18(26-12-16-4-5-16)21-6-1-11-27(19-22-7-2-8-23-19)13-17(21)14-28(15-21)20-24-9-3-10-25-20/h2-3,7-10,16-17H,1,4-6,11-15H2,(H,26,29)/t17-,21+/m0/s1. The monoisotopic (exact) mass is 393 g/mol. The van der Waals surface area contributed by atoms with Crippen LogP contribution in [0.5, 0.6) is 0 Å². The van der Waals surface area contributed by atoms with Gasteiger partial charge >= 0.3 is 0 Å². The third-order valence-corrected chi connectivity index (χ3v) is 6.56. The van der Waals surface area contributed by atoms with Gasteiger partial charge < -0.3 is 15.1 Å². The molecule has 0 unspecified atom stereocenters. The molecule has 1 amide bonds. The average Bonchev–Trinajstić information content (AvgIpc) is 3.56. The van der Waals surface area contributed by atoms with E-state index in [1.54, 1.807) is 24.8 Å². The number of rotatable bonds is 5. The van der Waals surface area contributed by atoms with Gasteiger partial charge in [-0.05, 0) is 43.7 Å². The van der Waals surface area contributed by atoms with Gasteiger partial charge in [-0.15, -0.1) is 0 Å². The second kappa shape index (κ2) is 7.57. The molecule has 3 fully saturated rings. The Bertz CT molecular complexity index is 845. The van der Waals surface area contributed by atoms with Gasteiger partial charge in [0, 0.05) is 63.4 Å². The zero-order chi connectivity index (χ0) is 19.7. The molecule has 1 saturated carbocycles. The van der Waals surface area contributed by atoms with Gasteiger partial charge in [0.05, 0.1) is 5.41 Å². The van der Waals surface area contributed by atoms with Crippen LogP contribution in [0.3, 0.4) is 0 Å². The minimum Gasteiger partial charge on any atom is -0.355 e. The first-order valence-corrected chi connectivity index (χ1v) is 10.6. The van der Waals surface area contributed by atoms with E-state index in [9.17, 15) is 4.79 Å². The minimum atomic E-state index is -0.419. The van der Waals surface area contributed by atoms with Crippen molar-refractivity contribution in [2.45, 2.75) is 25.7 Å². The van der Waals surface area contributed by atoms with Crippen LogP contribution in [0.4, 0.5) is 11.9 Å². The van der Waals surface area contributed by atoms with Crippen molar-refractivity contribution >= 4 is 17.8 Å². The lowest BCUT2D eigenvalue weighted by atomic mass is 9.74. The molecule has 2 aromatic heterocycles. The Kier molecular flexibility index (Phi) is 4.77. The highest BCUT2D eigenvalue weighted by molar-refractivity contribution is 5.85. The number of hydrogen-bond acceptors (Lipinski definition) is 7. The molecule has 0 spiro atoms. The number of carbonyl (C=O) groups is 1. The largest absolute Gasteiger partial charge is 0.355 e. The van der Waals surface area contributed by atoms with Gasteiger partial charge in [0.15, 0.2) is 0 Å². The van der Waals surface area contributed by atoms with Crippen LogP contribution in [0, 0.1) is 17.3 Å². The first kappa shape index (κ1) is 18.3. The van der Waals surface area contributed by atoms with E-state index >= 15 is 0 Å². The van der Waals surface area contributed by atoms with Crippen molar-refractivity contribution in [2.75, 3.05) is 42.5 Å². The van der Waals surface area contributed by atoms with E-state index in [1.807, 2.05) is 12.1 Å². The number of hydrogen-bond donors (Lipinski definition) is 1. The summed E-state index contributed by atoms with van der Waals surface area (Å²) in [6.45, 7) is 3.89. The van der Waals surface area contributed by atoms with Crippen LogP contribution in [-0.4, -0.2) is 58.6 Å². The lowest BCUT2D eigenvalue weighted by Gasteiger charge is -2.32. The average molecular weight is 393 g/mol. The third kappa shape index (κ3) is 3.63. The number of fused-ring (bicyclic) bond motifs is 1. The highest BCUT2D eigenvalue weighted by Gasteiger charge is 2.53. The fourth-order valence-electron chi connectivity index (χ4n) is 4.78. The Balaban J connectivity index is 1.42. The lowest BCUT2D eigenvalue weighted by molar-refractivity contribution is -0.132. The number of aromatic nitrogens is 4. The van der Waals surface area contributed by atoms with Crippen molar-refractivity contribution in [1.82, 2.24) is 25.3 Å². The Morgan fingerprint density at radius 3 is 2.28 bits per heavy atom. The predicted molar refractivity (Wildman–Crippen MR) is 109 cm³/mol. The third-order valence-electron chi connectivity index (χ3n) is 6.56. The molecule has 0 radical (unpaired) electrons. The SMILES string of the molecule is O=C(NCC1CC1)[C@@]12CCCN(c3ncccn3)C[C@H]1CN(c1ncccn1)C2. The van der Waals surface area contributed by atoms with Crippen molar-refractivity contribution in [3.05, 3.63) is 36.9 Å². The summed E-state index contributed by atoms with van der Waals surface area (Å²) in [5.74, 6) is 2.50. The molecule has 8 heteroatoms. The Morgan fingerprint density at radius 2 is 1.62 bits per heavy atom. The highest BCUT2D eigenvalue weighted by atomic mass is 16.2. The maximum absolute atomic E-state index is 13.5. The van der Waals surface area contributed by atoms with Crippen LogP contribution >= 0.6 is 0 Å². The minimum absolute atomic E-state index is 0.178. The van der Waals surface area contributed by atoms with Gasteiger partial charge in [0.25, 0.3) is 0 Å². The van der Waals surface area contributed by atoms with Crippen molar-refractivity contribution < 1.29 is 4.79 Å². The van der Waals surface area contributed by atoms with Crippen LogP contribution in [0.2, 0.25) is 0 Å². The summed E-state index contributed by atoms with van der Waals surface area (Å²) >= 11 is 0. The maximum Gasteiger partial charge on any atom is 0.228 e. The van der Waals surface area contributed by atoms with Crippen molar-refractivity contribution in [1.29, 1.82) is 0 Å². The van der Waals surface area contributed by atoms with E-state index in [0.29, 0.717) is 18.4 Å². The number of carbonyl (C=O) groups excluding carboxylic acids is 1. The Labute approximate surface area is 170 Å². The van der Waals surface area contributed by atoms with Gasteiger partial charge in [0.2, 0.25) is 17.8 Å². The second-order valence-electron chi connectivity index (χ2n) is 8.53.